The van der Waals surface area contributed by atoms with Crippen LogP contribution in [0.15, 0.2) is 11.8 Å². The van der Waals surface area contributed by atoms with Crippen molar-refractivity contribution in [2.45, 2.75) is 26.0 Å². The molecule has 0 saturated carbocycles. The summed E-state index contributed by atoms with van der Waals surface area (Å²) in [6.07, 6.45) is 2.20. The van der Waals surface area contributed by atoms with E-state index < -0.39 is 15.2 Å². The van der Waals surface area contributed by atoms with Gasteiger partial charge in [-0.2, -0.15) is 0 Å². The van der Waals surface area contributed by atoms with Crippen molar-refractivity contribution < 1.29 is 10.0 Å². The summed E-state index contributed by atoms with van der Waals surface area (Å²) in [5.41, 5.74) is 2.10. The lowest BCUT2D eigenvalue weighted by Gasteiger charge is -2.07. The van der Waals surface area contributed by atoms with Crippen LogP contribution in [0.1, 0.15) is 0 Å². The summed E-state index contributed by atoms with van der Waals surface area (Å²) in [6.45, 7) is 6.60. The van der Waals surface area contributed by atoms with Crippen molar-refractivity contribution in [2.75, 3.05) is 0 Å². The maximum atomic E-state index is 8.47. The Morgan fingerprint density at radius 3 is 2.10 bits per heavy atom. The van der Waals surface area contributed by atoms with Gasteiger partial charge in [0.15, 0.2) is 0 Å². The number of hydrogen-bond acceptors (Lipinski definition) is 2. The van der Waals surface area contributed by atoms with E-state index >= 15 is 0 Å². The van der Waals surface area contributed by atoms with Gasteiger partial charge in [0.25, 0.3) is 0 Å². The van der Waals surface area contributed by atoms with Gasteiger partial charge in [0.2, 0.25) is 0 Å². The molecule has 0 fully saturated rings. The van der Waals surface area contributed by atoms with E-state index in [0.717, 1.165) is 0 Å². The molecule has 4 heteroatoms. The average molecular weight is 158 g/mol. The van der Waals surface area contributed by atoms with Crippen LogP contribution in [0.25, 0.3) is 0 Å². The molecule has 0 aliphatic carbocycles. The Balaban J connectivity index is 3.57. The van der Waals surface area contributed by atoms with E-state index in [2.05, 4.69) is 25.3 Å². The zero-order chi connectivity index (χ0) is 8.20. The first-order valence-electron chi connectivity index (χ1n) is 3.45. The van der Waals surface area contributed by atoms with Gasteiger partial charge in [0.1, 0.15) is 0 Å². The second-order valence-electron chi connectivity index (χ2n) is 3.48. The summed E-state index contributed by atoms with van der Waals surface area (Å²) < 4.78 is 0. The number of rotatable bonds is 3. The third-order valence-corrected chi connectivity index (χ3v) is 2.20. The van der Waals surface area contributed by atoms with E-state index in [1.165, 1.54) is 0 Å². The van der Waals surface area contributed by atoms with Gasteiger partial charge in [-0.05, 0) is 6.32 Å². The van der Waals surface area contributed by atoms with Crippen molar-refractivity contribution in [1.29, 1.82) is 0 Å². The maximum Gasteiger partial charge on any atom is 0.455 e. The molecule has 10 heavy (non-hydrogen) atoms. The largest absolute Gasteiger partial charge is 0.455 e. The minimum absolute atomic E-state index is 0.351. The second-order valence-corrected chi connectivity index (χ2v) is 8.55. The van der Waals surface area contributed by atoms with Gasteiger partial charge in [-0.3, -0.25) is 0 Å². The maximum absolute atomic E-state index is 8.47. The van der Waals surface area contributed by atoms with Crippen molar-refractivity contribution in [3.8, 4) is 0 Å². The lowest BCUT2D eigenvalue weighted by Crippen LogP contribution is -2.16. The number of allylic oxidation sites excluding steroid dienone is 1. The summed E-state index contributed by atoms with van der Waals surface area (Å²) in [4.78, 5) is 0. The third kappa shape index (κ3) is 7.94. The average Bonchev–Trinajstić information content (AvgIpc) is 1.59. The van der Waals surface area contributed by atoms with Crippen molar-refractivity contribution in [1.82, 2.24) is 0 Å². The first-order valence-corrected chi connectivity index (χ1v) is 7.03. The van der Waals surface area contributed by atoms with Crippen LogP contribution in [0.2, 0.25) is 26.0 Å². The minimum Gasteiger partial charge on any atom is -0.427 e. The second kappa shape index (κ2) is 3.95. The summed E-state index contributed by atoms with van der Waals surface area (Å²) in [6, 6.07) is 0. The van der Waals surface area contributed by atoms with E-state index in [1.807, 2.05) is 6.08 Å². The zero-order valence-electron chi connectivity index (χ0n) is 6.83. The highest BCUT2D eigenvalue weighted by atomic mass is 28.3. The van der Waals surface area contributed by atoms with Gasteiger partial charge in [0, 0.05) is 0 Å². The van der Waals surface area contributed by atoms with E-state index in [9.17, 15) is 0 Å². The third-order valence-electron chi connectivity index (χ3n) is 0.965. The predicted molar refractivity (Wildman–Crippen MR) is 47.5 cm³/mol. The molecule has 0 aromatic carbocycles. The zero-order valence-corrected chi connectivity index (χ0v) is 7.83. The fourth-order valence-electron chi connectivity index (χ4n) is 0.543. The fourth-order valence-corrected chi connectivity index (χ4v) is 1.39. The van der Waals surface area contributed by atoms with E-state index in [4.69, 9.17) is 10.0 Å². The molecule has 0 saturated heterocycles. The van der Waals surface area contributed by atoms with Crippen LogP contribution in [0.4, 0.5) is 0 Å². The fraction of sp³-hybridized carbons (Fsp3) is 0.667. The molecule has 0 radical (unpaired) electrons. The van der Waals surface area contributed by atoms with E-state index in [-0.39, 0.29) is 0 Å². The Hall–Kier alpha value is -0.0582. The van der Waals surface area contributed by atoms with Gasteiger partial charge < -0.3 is 10.0 Å². The first kappa shape index (κ1) is 9.94. The van der Waals surface area contributed by atoms with Crippen LogP contribution in [0.3, 0.4) is 0 Å². The Kier molecular flexibility index (Phi) is 3.93. The molecule has 0 aliphatic heterocycles. The molecule has 0 atom stereocenters. The molecule has 0 aliphatic rings. The normalized spacial score (nSPS) is 12.5. The molecule has 2 nitrogen and oxygen atoms in total. The van der Waals surface area contributed by atoms with E-state index in [1.54, 1.807) is 0 Å². The molecule has 0 unspecified atom stereocenters. The van der Waals surface area contributed by atoms with Crippen LogP contribution in [-0.2, 0) is 0 Å². The summed E-state index contributed by atoms with van der Waals surface area (Å²) in [7, 11) is -2.31. The lowest BCUT2D eigenvalue weighted by molar-refractivity contribution is 0.411. The molecule has 58 valence electrons. The molecular formula is C6H15BO2Si. The predicted octanol–water partition coefficient (Wildman–Crippen LogP) is 0.893. The van der Waals surface area contributed by atoms with Gasteiger partial charge in [0.05, 0.1) is 8.07 Å². The molecule has 0 bridgehead atoms. The molecular weight excluding hydrogens is 143 g/mol. The Morgan fingerprint density at radius 2 is 1.80 bits per heavy atom. The van der Waals surface area contributed by atoms with Crippen molar-refractivity contribution in [3.63, 3.8) is 0 Å². The van der Waals surface area contributed by atoms with Crippen molar-refractivity contribution in [2.24, 2.45) is 0 Å². The van der Waals surface area contributed by atoms with Crippen molar-refractivity contribution >= 4 is 15.2 Å². The Bertz CT molecular complexity index is 117. The van der Waals surface area contributed by atoms with Gasteiger partial charge in [-0.1, -0.05) is 31.4 Å². The highest BCUT2D eigenvalue weighted by Gasteiger charge is 2.08. The SMILES string of the molecule is C[Si](C)(C)/C=C\CB(O)O. The lowest BCUT2D eigenvalue weighted by atomic mass is 9.87. The van der Waals surface area contributed by atoms with Crippen LogP contribution < -0.4 is 0 Å². The van der Waals surface area contributed by atoms with Crippen LogP contribution >= 0.6 is 0 Å². The molecule has 0 aromatic rings. The monoisotopic (exact) mass is 158 g/mol. The quantitative estimate of drug-likeness (QED) is 0.599. The summed E-state index contributed by atoms with van der Waals surface area (Å²) in [5.74, 6) is 0. The van der Waals surface area contributed by atoms with Gasteiger partial charge in [-0.15, -0.1) is 0 Å². The standard InChI is InChI=1S/C6H15BO2Si/c1-10(2,3)6-4-5-7(8)9/h4,6,8-9H,5H2,1-3H3/b6-4-. The van der Waals surface area contributed by atoms with Crippen LogP contribution in [0, 0.1) is 0 Å². The van der Waals surface area contributed by atoms with Crippen LogP contribution in [-0.4, -0.2) is 25.2 Å². The van der Waals surface area contributed by atoms with E-state index in [0.29, 0.717) is 6.32 Å². The first-order chi connectivity index (χ1) is 4.42. The highest BCUT2D eigenvalue weighted by Crippen LogP contribution is 2.02. The van der Waals surface area contributed by atoms with Gasteiger partial charge >= 0.3 is 7.12 Å². The van der Waals surface area contributed by atoms with Gasteiger partial charge in [-0.25, -0.2) is 0 Å². The Morgan fingerprint density at radius 1 is 1.30 bits per heavy atom. The molecule has 0 spiro atoms. The topological polar surface area (TPSA) is 40.5 Å². The van der Waals surface area contributed by atoms with Crippen LogP contribution in [0.5, 0.6) is 0 Å². The minimum atomic E-state index is -1.19. The number of hydrogen-bond donors (Lipinski definition) is 2. The molecule has 0 amide bonds. The summed E-state index contributed by atoms with van der Waals surface area (Å²) >= 11 is 0. The highest BCUT2D eigenvalue weighted by molar-refractivity contribution is 6.81. The van der Waals surface area contributed by atoms with Crippen molar-refractivity contribution in [3.05, 3.63) is 11.8 Å². The Labute approximate surface area is 63.7 Å². The smallest absolute Gasteiger partial charge is 0.427 e. The summed E-state index contributed by atoms with van der Waals surface area (Å²) in [5, 5.41) is 16.9. The molecule has 0 rings (SSSR count). The molecule has 2 N–H and O–H groups in total. The molecule has 0 aromatic heterocycles. The molecule has 0 heterocycles.